The number of aromatic nitrogens is 2. The van der Waals surface area contributed by atoms with Crippen LogP contribution in [0.15, 0.2) is 53.7 Å². The Kier molecular flexibility index (Phi) is 4.96. The lowest BCUT2D eigenvalue weighted by Crippen LogP contribution is -2.03. The number of rotatable bonds is 4. The van der Waals surface area contributed by atoms with Crippen LogP contribution in [0.1, 0.15) is 11.1 Å². The lowest BCUT2D eigenvalue weighted by molar-refractivity contribution is 0.628. The summed E-state index contributed by atoms with van der Waals surface area (Å²) >= 11 is 1.38. The van der Waals surface area contributed by atoms with E-state index in [-0.39, 0.29) is 5.82 Å². The summed E-state index contributed by atoms with van der Waals surface area (Å²) in [4.78, 5) is 8.88. The minimum Gasteiger partial charge on any atom is -0.339 e. The summed E-state index contributed by atoms with van der Waals surface area (Å²) in [5.41, 5.74) is 3.37. The molecule has 4 nitrogen and oxygen atoms in total. The molecule has 1 heterocycles. The average Bonchev–Trinajstić information content (AvgIpc) is 2.61. The van der Waals surface area contributed by atoms with Crippen LogP contribution in [0.25, 0.3) is 11.3 Å². The van der Waals surface area contributed by atoms with Gasteiger partial charge in [0.1, 0.15) is 17.4 Å². The Balaban J connectivity index is 2.13. The third-order valence-corrected chi connectivity index (χ3v) is 4.14. The first-order valence-corrected chi connectivity index (χ1v) is 8.79. The summed E-state index contributed by atoms with van der Waals surface area (Å²) in [5.74, 6) is 0.00411. The van der Waals surface area contributed by atoms with E-state index in [0.29, 0.717) is 27.9 Å². The van der Waals surface area contributed by atoms with Gasteiger partial charge >= 0.3 is 0 Å². The Bertz CT molecular complexity index is 949. The highest BCUT2D eigenvalue weighted by Crippen LogP contribution is 2.30. The van der Waals surface area contributed by atoms with Crippen molar-refractivity contribution in [2.45, 2.75) is 12.1 Å². The Morgan fingerprint density at radius 2 is 1.88 bits per heavy atom. The first kappa shape index (κ1) is 16.9. The molecule has 0 fully saturated rings. The molecular weight excluding hydrogens is 335 g/mol. The number of aryl methyl sites for hydroxylation is 1. The Labute approximate surface area is 149 Å². The third kappa shape index (κ3) is 3.78. The molecule has 0 atom stereocenters. The number of nitrogens with zero attached hydrogens (tertiary/aromatic N) is 3. The lowest BCUT2D eigenvalue weighted by Gasteiger charge is -2.12. The average molecular weight is 350 g/mol. The minimum absolute atomic E-state index is 0.325. The van der Waals surface area contributed by atoms with Crippen molar-refractivity contribution in [2.75, 3.05) is 11.6 Å². The zero-order chi connectivity index (χ0) is 17.8. The molecule has 3 rings (SSSR count). The van der Waals surface area contributed by atoms with Gasteiger partial charge in [-0.1, -0.05) is 47.7 Å². The van der Waals surface area contributed by atoms with Crippen molar-refractivity contribution in [3.8, 4) is 17.3 Å². The molecule has 0 aliphatic heterocycles. The summed E-state index contributed by atoms with van der Waals surface area (Å²) in [7, 11) is 0. The van der Waals surface area contributed by atoms with E-state index in [1.54, 1.807) is 12.1 Å². The summed E-state index contributed by atoms with van der Waals surface area (Å²) in [6.45, 7) is 2.00. The third-order valence-electron chi connectivity index (χ3n) is 3.60. The highest BCUT2D eigenvalue weighted by atomic mass is 32.2. The molecule has 0 bridgehead atoms. The van der Waals surface area contributed by atoms with Gasteiger partial charge in [0.05, 0.1) is 5.69 Å². The van der Waals surface area contributed by atoms with Crippen LogP contribution in [-0.4, -0.2) is 16.2 Å². The van der Waals surface area contributed by atoms with Crippen LogP contribution in [0.3, 0.4) is 0 Å². The van der Waals surface area contributed by atoms with E-state index in [1.165, 1.54) is 23.9 Å². The van der Waals surface area contributed by atoms with E-state index in [4.69, 9.17) is 0 Å². The van der Waals surface area contributed by atoms with Crippen molar-refractivity contribution in [3.05, 3.63) is 65.5 Å². The monoisotopic (exact) mass is 350 g/mol. The molecule has 1 N–H and O–H groups in total. The molecule has 0 saturated carbocycles. The molecule has 0 unspecified atom stereocenters. The second-order valence-electron chi connectivity index (χ2n) is 5.40. The van der Waals surface area contributed by atoms with Crippen molar-refractivity contribution in [3.63, 3.8) is 0 Å². The first-order chi connectivity index (χ1) is 12.1. The van der Waals surface area contributed by atoms with E-state index in [0.717, 1.165) is 11.1 Å². The fourth-order valence-corrected chi connectivity index (χ4v) is 2.72. The fraction of sp³-hybridized carbons (Fsp3) is 0.105. The van der Waals surface area contributed by atoms with Crippen molar-refractivity contribution in [2.24, 2.45) is 0 Å². The number of nitrogens with one attached hydrogen (secondary N) is 1. The summed E-state index contributed by atoms with van der Waals surface area (Å²) < 4.78 is 13.4. The number of hydrogen-bond donors (Lipinski definition) is 1. The van der Waals surface area contributed by atoms with Gasteiger partial charge in [-0.05, 0) is 31.4 Å². The van der Waals surface area contributed by atoms with Gasteiger partial charge in [0.2, 0.25) is 0 Å². The molecule has 1 aromatic heterocycles. The molecule has 0 spiro atoms. The molecular formula is C19H15FN4S. The smallest absolute Gasteiger partial charge is 0.189 e. The quantitative estimate of drug-likeness (QED) is 0.534. The van der Waals surface area contributed by atoms with E-state index in [2.05, 4.69) is 21.4 Å². The largest absolute Gasteiger partial charge is 0.339 e. The maximum atomic E-state index is 13.4. The van der Waals surface area contributed by atoms with Crippen LogP contribution in [0.5, 0.6) is 0 Å². The van der Waals surface area contributed by atoms with Crippen molar-refractivity contribution in [1.82, 2.24) is 9.97 Å². The number of hydrogen-bond acceptors (Lipinski definition) is 5. The second kappa shape index (κ2) is 7.32. The SMILES string of the molecule is CSc1nc(Nc2cccc(F)c2)c(C#N)c(-c2ccc(C)cc2)n1. The summed E-state index contributed by atoms with van der Waals surface area (Å²) in [5, 5.41) is 13.2. The van der Waals surface area contributed by atoms with Crippen LogP contribution in [-0.2, 0) is 0 Å². The predicted molar refractivity (Wildman–Crippen MR) is 98.4 cm³/mol. The van der Waals surface area contributed by atoms with Crippen LogP contribution >= 0.6 is 11.8 Å². The molecule has 124 valence electrons. The highest BCUT2D eigenvalue weighted by molar-refractivity contribution is 7.98. The van der Waals surface area contributed by atoms with Crippen molar-refractivity contribution >= 4 is 23.3 Å². The van der Waals surface area contributed by atoms with Crippen LogP contribution in [0.4, 0.5) is 15.9 Å². The van der Waals surface area contributed by atoms with Gasteiger partial charge in [0.25, 0.3) is 0 Å². The summed E-state index contributed by atoms with van der Waals surface area (Å²) in [6.07, 6.45) is 1.87. The maximum Gasteiger partial charge on any atom is 0.189 e. The van der Waals surface area contributed by atoms with Crippen LogP contribution in [0, 0.1) is 24.1 Å². The van der Waals surface area contributed by atoms with Gasteiger partial charge in [-0.2, -0.15) is 5.26 Å². The van der Waals surface area contributed by atoms with Gasteiger partial charge in [0.15, 0.2) is 11.0 Å². The Morgan fingerprint density at radius 1 is 1.12 bits per heavy atom. The maximum absolute atomic E-state index is 13.4. The second-order valence-corrected chi connectivity index (χ2v) is 6.17. The minimum atomic E-state index is -0.360. The lowest BCUT2D eigenvalue weighted by atomic mass is 10.1. The van der Waals surface area contributed by atoms with Crippen molar-refractivity contribution in [1.29, 1.82) is 5.26 Å². The van der Waals surface area contributed by atoms with Crippen molar-refractivity contribution < 1.29 is 4.39 Å². The van der Waals surface area contributed by atoms with Gasteiger partial charge in [-0.25, -0.2) is 14.4 Å². The molecule has 2 aromatic carbocycles. The number of halogens is 1. The molecule has 0 amide bonds. The summed E-state index contributed by atoms with van der Waals surface area (Å²) in [6, 6.07) is 16.0. The fourth-order valence-electron chi connectivity index (χ4n) is 2.35. The van der Waals surface area contributed by atoms with Crippen LogP contribution in [0.2, 0.25) is 0 Å². The van der Waals surface area contributed by atoms with E-state index in [1.807, 2.05) is 37.4 Å². The topological polar surface area (TPSA) is 61.6 Å². The first-order valence-electron chi connectivity index (χ1n) is 7.56. The number of thioether (sulfide) groups is 1. The van der Waals surface area contributed by atoms with Gasteiger partial charge in [0, 0.05) is 11.3 Å². The molecule has 0 aliphatic rings. The number of benzene rings is 2. The molecule has 0 aliphatic carbocycles. The number of nitriles is 1. The molecule has 3 aromatic rings. The van der Waals surface area contributed by atoms with E-state index >= 15 is 0 Å². The molecule has 0 saturated heterocycles. The van der Waals surface area contributed by atoms with Gasteiger partial charge in [-0.3, -0.25) is 0 Å². The molecule has 6 heteroatoms. The zero-order valence-corrected chi connectivity index (χ0v) is 14.6. The zero-order valence-electron chi connectivity index (χ0n) is 13.7. The molecule has 0 radical (unpaired) electrons. The van der Waals surface area contributed by atoms with Crippen LogP contribution < -0.4 is 5.32 Å². The van der Waals surface area contributed by atoms with Gasteiger partial charge < -0.3 is 5.32 Å². The Morgan fingerprint density at radius 3 is 2.52 bits per heavy atom. The highest BCUT2D eigenvalue weighted by Gasteiger charge is 2.16. The predicted octanol–water partition coefficient (Wildman–Crippen LogP) is 4.93. The standard InChI is InChI=1S/C19H15FN4S/c1-12-6-8-13(9-7-12)17-16(11-21)18(24-19(23-17)25-2)22-15-5-3-4-14(20)10-15/h3-10H,1-2H3,(H,22,23,24). The number of anilines is 2. The van der Waals surface area contributed by atoms with Gasteiger partial charge in [-0.15, -0.1) is 0 Å². The Hall–Kier alpha value is -2.91. The normalized spacial score (nSPS) is 10.3. The van der Waals surface area contributed by atoms with E-state index < -0.39 is 0 Å². The van der Waals surface area contributed by atoms with E-state index in [9.17, 15) is 9.65 Å². The molecule has 25 heavy (non-hydrogen) atoms.